The van der Waals surface area contributed by atoms with Gasteiger partial charge in [0.15, 0.2) is 0 Å². The lowest BCUT2D eigenvalue weighted by atomic mass is 9.83. The molecule has 12 nitrogen and oxygen atoms in total. The molecule has 1 saturated carbocycles. The molecule has 3 rings (SSSR count). The molecule has 1 aromatic carbocycles. The number of nitrogens with one attached hydrogen (secondary N) is 4. The zero-order valence-corrected chi connectivity index (χ0v) is 23.7. The van der Waals surface area contributed by atoms with Gasteiger partial charge >= 0.3 is 0 Å². The number of nitrogens with zero attached hydrogens (tertiary/aromatic N) is 3. The van der Waals surface area contributed by atoms with Crippen molar-refractivity contribution >= 4 is 29.4 Å². The molecule has 1 aliphatic carbocycles. The average Bonchev–Trinajstić information content (AvgIpc) is 2.95. The highest BCUT2D eigenvalue weighted by Gasteiger charge is 2.18. The maximum atomic E-state index is 12.3. The number of hydrogen-bond acceptors (Lipinski definition) is 11. The normalized spacial score (nSPS) is 16.9. The van der Waals surface area contributed by atoms with Crippen LogP contribution in [-0.2, 0) is 20.7 Å². The molecule has 1 aromatic heterocycles. The molecule has 1 amide bonds. The van der Waals surface area contributed by atoms with Crippen LogP contribution in [-0.4, -0.2) is 85.2 Å². The fourth-order valence-electron chi connectivity index (χ4n) is 4.39. The van der Waals surface area contributed by atoms with Gasteiger partial charge in [0.1, 0.15) is 0 Å². The second kappa shape index (κ2) is 18.3. The van der Waals surface area contributed by atoms with Crippen LogP contribution < -0.4 is 27.0 Å². The molecule has 40 heavy (non-hydrogen) atoms. The first-order chi connectivity index (χ1) is 19.6. The Bertz CT molecular complexity index is 987. The SMILES string of the molecule is CC1CCC(CNc2nc(NCCCO)nc(Nc3ccc(CC(=O)NCCOCCOCCN)cc3)n2)CC1. The molecule has 2 aromatic rings. The first-order valence-corrected chi connectivity index (χ1v) is 14.4. The van der Waals surface area contributed by atoms with Gasteiger partial charge in [-0.15, -0.1) is 0 Å². The van der Waals surface area contributed by atoms with E-state index in [0.717, 1.165) is 23.7 Å². The second-order valence-electron chi connectivity index (χ2n) is 10.2. The number of hydrogen-bond donors (Lipinski definition) is 6. The van der Waals surface area contributed by atoms with Gasteiger partial charge in [-0.3, -0.25) is 4.79 Å². The summed E-state index contributed by atoms with van der Waals surface area (Å²) in [7, 11) is 0. The van der Waals surface area contributed by atoms with Gasteiger partial charge in [-0.1, -0.05) is 31.9 Å². The van der Waals surface area contributed by atoms with E-state index in [1.54, 1.807) is 0 Å². The van der Waals surface area contributed by atoms with Gasteiger partial charge in [0.05, 0.1) is 32.8 Å². The number of benzene rings is 1. The third kappa shape index (κ3) is 12.4. The first kappa shape index (κ1) is 31.5. The summed E-state index contributed by atoms with van der Waals surface area (Å²) in [5, 5.41) is 21.8. The fourth-order valence-corrected chi connectivity index (χ4v) is 4.39. The minimum Gasteiger partial charge on any atom is -0.396 e. The Morgan fingerprint density at radius 3 is 2.30 bits per heavy atom. The molecule has 222 valence electrons. The van der Waals surface area contributed by atoms with Crippen molar-refractivity contribution in [1.82, 2.24) is 20.3 Å². The summed E-state index contributed by atoms with van der Waals surface area (Å²) in [6.07, 6.45) is 5.84. The maximum Gasteiger partial charge on any atom is 0.233 e. The molecule has 12 heteroatoms. The van der Waals surface area contributed by atoms with E-state index in [1.807, 2.05) is 24.3 Å². The van der Waals surface area contributed by atoms with Crippen molar-refractivity contribution in [2.75, 3.05) is 75.2 Å². The van der Waals surface area contributed by atoms with E-state index in [2.05, 4.69) is 43.1 Å². The summed E-state index contributed by atoms with van der Waals surface area (Å²) in [5.41, 5.74) is 7.05. The molecular weight excluding hydrogens is 512 g/mol. The van der Waals surface area contributed by atoms with Crippen molar-refractivity contribution in [2.24, 2.45) is 17.6 Å². The average molecular weight is 559 g/mol. The van der Waals surface area contributed by atoms with Crippen molar-refractivity contribution in [3.8, 4) is 0 Å². The van der Waals surface area contributed by atoms with Gasteiger partial charge in [-0.25, -0.2) is 0 Å². The smallest absolute Gasteiger partial charge is 0.233 e. The quantitative estimate of drug-likeness (QED) is 0.140. The van der Waals surface area contributed by atoms with Crippen LogP contribution in [0.5, 0.6) is 0 Å². The number of aliphatic hydroxyl groups excluding tert-OH is 1. The van der Waals surface area contributed by atoms with Crippen molar-refractivity contribution in [3.63, 3.8) is 0 Å². The van der Waals surface area contributed by atoms with Gasteiger partial charge in [0, 0.05) is 38.5 Å². The van der Waals surface area contributed by atoms with Gasteiger partial charge in [0.25, 0.3) is 0 Å². The molecule has 1 aliphatic rings. The lowest BCUT2D eigenvalue weighted by Gasteiger charge is -2.26. The molecule has 0 bridgehead atoms. The topological polar surface area (TPSA) is 169 Å². The Morgan fingerprint density at radius 2 is 1.60 bits per heavy atom. The highest BCUT2D eigenvalue weighted by molar-refractivity contribution is 5.78. The largest absolute Gasteiger partial charge is 0.396 e. The number of carbonyl (C=O) groups is 1. The molecule has 0 atom stereocenters. The van der Waals surface area contributed by atoms with E-state index in [-0.39, 0.29) is 18.9 Å². The lowest BCUT2D eigenvalue weighted by Crippen LogP contribution is -2.29. The molecule has 0 spiro atoms. The Morgan fingerprint density at radius 1 is 0.925 bits per heavy atom. The number of amides is 1. The predicted octanol–water partition coefficient (Wildman–Crippen LogP) is 2.30. The number of ether oxygens (including phenoxy) is 2. The molecule has 7 N–H and O–H groups in total. The summed E-state index contributed by atoms with van der Waals surface area (Å²) in [6.45, 7) is 6.67. The van der Waals surface area contributed by atoms with Crippen molar-refractivity contribution < 1.29 is 19.4 Å². The van der Waals surface area contributed by atoms with Crippen LogP contribution in [0.1, 0.15) is 44.6 Å². The number of aromatic nitrogens is 3. The molecule has 1 heterocycles. The van der Waals surface area contributed by atoms with Crippen LogP contribution in [0.4, 0.5) is 23.5 Å². The van der Waals surface area contributed by atoms with Crippen LogP contribution in [0.25, 0.3) is 0 Å². The highest BCUT2D eigenvalue weighted by atomic mass is 16.5. The van der Waals surface area contributed by atoms with Gasteiger partial charge in [0.2, 0.25) is 23.8 Å². The van der Waals surface area contributed by atoms with E-state index < -0.39 is 0 Å². The summed E-state index contributed by atoms with van der Waals surface area (Å²) in [4.78, 5) is 25.8. The third-order valence-electron chi connectivity index (χ3n) is 6.72. The molecule has 0 saturated heterocycles. The van der Waals surface area contributed by atoms with Gasteiger partial charge in [-0.05, 0) is 48.8 Å². The highest BCUT2D eigenvalue weighted by Crippen LogP contribution is 2.28. The zero-order chi connectivity index (χ0) is 28.4. The number of rotatable bonds is 19. The number of carbonyl (C=O) groups excluding carboxylic acids is 1. The second-order valence-corrected chi connectivity index (χ2v) is 10.2. The van der Waals surface area contributed by atoms with Crippen LogP contribution in [0.15, 0.2) is 24.3 Å². The predicted molar refractivity (Wildman–Crippen MR) is 157 cm³/mol. The molecule has 0 radical (unpaired) electrons. The van der Waals surface area contributed by atoms with E-state index in [0.29, 0.717) is 76.2 Å². The number of anilines is 4. The minimum atomic E-state index is -0.0668. The van der Waals surface area contributed by atoms with Gasteiger partial charge in [-0.2, -0.15) is 15.0 Å². The number of nitrogens with two attached hydrogens (primary N) is 1. The third-order valence-corrected chi connectivity index (χ3v) is 6.72. The molecule has 0 aliphatic heterocycles. The minimum absolute atomic E-state index is 0.0668. The summed E-state index contributed by atoms with van der Waals surface area (Å²) < 4.78 is 10.7. The zero-order valence-electron chi connectivity index (χ0n) is 23.7. The Kier molecular flexibility index (Phi) is 14.4. The fraction of sp³-hybridized carbons (Fsp3) is 0.643. The van der Waals surface area contributed by atoms with Crippen molar-refractivity contribution in [2.45, 2.75) is 45.4 Å². The van der Waals surface area contributed by atoms with Crippen molar-refractivity contribution in [1.29, 1.82) is 0 Å². The van der Waals surface area contributed by atoms with Crippen molar-refractivity contribution in [3.05, 3.63) is 29.8 Å². The standard InChI is InChI=1S/C28H46N8O4/c1-21-3-5-23(6-4-21)20-32-27-34-26(31-12-2-14-37)35-28(36-27)33-24-9-7-22(8-10-24)19-25(38)30-13-16-40-18-17-39-15-11-29/h7-10,21,23,37H,2-6,11-20,29H2,1H3,(H,30,38)(H3,31,32,33,34,35,36). The molecule has 0 unspecified atom stereocenters. The molecule has 1 fully saturated rings. The van der Waals surface area contributed by atoms with Crippen LogP contribution in [0.2, 0.25) is 0 Å². The monoisotopic (exact) mass is 558 g/mol. The van der Waals surface area contributed by atoms with E-state index in [1.165, 1.54) is 25.7 Å². The van der Waals surface area contributed by atoms with Crippen LogP contribution >= 0.6 is 0 Å². The van der Waals surface area contributed by atoms with Crippen LogP contribution in [0.3, 0.4) is 0 Å². The van der Waals surface area contributed by atoms with E-state index in [4.69, 9.17) is 20.3 Å². The first-order valence-electron chi connectivity index (χ1n) is 14.4. The van der Waals surface area contributed by atoms with E-state index >= 15 is 0 Å². The Hall–Kier alpha value is -3.06. The van der Waals surface area contributed by atoms with Crippen LogP contribution in [0, 0.1) is 11.8 Å². The van der Waals surface area contributed by atoms with E-state index in [9.17, 15) is 4.79 Å². The summed E-state index contributed by atoms with van der Waals surface area (Å²) in [6, 6.07) is 7.59. The lowest BCUT2D eigenvalue weighted by molar-refractivity contribution is -0.120. The molecular formula is C28H46N8O4. The Balaban J connectivity index is 1.48. The maximum absolute atomic E-state index is 12.3. The summed E-state index contributed by atoms with van der Waals surface area (Å²) in [5.74, 6) is 2.75. The Labute approximate surface area is 237 Å². The van der Waals surface area contributed by atoms with Gasteiger partial charge < -0.3 is 41.6 Å². The summed E-state index contributed by atoms with van der Waals surface area (Å²) >= 11 is 0. The number of aliphatic hydroxyl groups is 1.